The van der Waals surface area contributed by atoms with Crippen LogP contribution in [0.1, 0.15) is 61.8 Å². The Labute approximate surface area is 163 Å². The highest BCUT2D eigenvalue weighted by Crippen LogP contribution is 2.34. The van der Waals surface area contributed by atoms with Gasteiger partial charge in [-0.1, -0.05) is 0 Å². The molecule has 2 heterocycles. The lowest BCUT2D eigenvalue weighted by molar-refractivity contribution is 0.0204. The minimum absolute atomic E-state index is 0.246. The molecule has 1 aliphatic rings. The number of thiazole rings is 1. The maximum Gasteiger partial charge on any atom is 0.410 e. The summed E-state index contributed by atoms with van der Waals surface area (Å²) in [5.74, 6) is 0.0205. The molecule has 0 spiro atoms. The number of esters is 1. The molecule has 27 heavy (non-hydrogen) atoms. The minimum Gasteiger partial charge on any atom is -0.462 e. The van der Waals surface area contributed by atoms with E-state index in [9.17, 15) is 9.59 Å². The van der Waals surface area contributed by atoms with Gasteiger partial charge in [0.1, 0.15) is 5.60 Å². The summed E-state index contributed by atoms with van der Waals surface area (Å²) in [6.07, 6.45) is 1.48. The maximum atomic E-state index is 12.2. The van der Waals surface area contributed by atoms with Gasteiger partial charge in [0.25, 0.3) is 0 Å². The van der Waals surface area contributed by atoms with E-state index in [0.717, 1.165) is 28.1 Å². The van der Waals surface area contributed by atoms with Crippen LogP contribution in [-0.4, -0.2) is 47.2 Å². The molecule has 1 aromatic carbocycles. The Bertz CT molecular complexity index is 832. The molecule has 1 aliphatic heterocycles. The number of piperidine rings is 1. The van der Waals surface area contributed by atoms with Crippen LogP contribution in [0.15, 0.2) is 18.2 Å². The van der Waals surface area contributed by atoms with Crippen LogP contribution in [0.5, 0.6) is 0 Å². The molecular weight excluding hydrogens is 364 g/mol. The van der Waals surface area contributed by atoms with Gasteiger partial charge in [0.05, 0.1) is 27.4 Å². The average molecular weight is 391 g/mol. The average Bonchev–Trinajstić information content (AvgIpc) is 3.04. The van der Waals surface area contributed by atoms with E-state index in [0.29, 0.717) is 31.2 Å². The lowest BCUT2D eigenvalue weighted by atomic mass is 9.98. The summed E-state index contributed by atoms with van der Waals surface area (Å²) in [4.78, 5) is 30.6. The largest absolute Gasteiger partial charge is 0.462 e. The number of hydrogen-bond acceptors (Lipinski definition) is 6. The number of ether oxygens (including phenoxy) is 2. The van der Waals surface area contributed by atoms with Crippen LogP contribution in [-0.2, 0) is 9.47 Å². The molecular formula is C20H26N2O4S. The van der Waals surface area contributed by atoms with Gasteiger partial charge in [0.2, 0.25) is 0 Å². The first-order valence-electron chi connectivity index (χ1n) is 9.32. The molecule has 7 heteroatoms. The highest BCUT2D eigenvalue weighted by Gasteiger charge is 2.29. The number of likely N-dealkylation sites (tertiary alicyclic amines) is 1. The summed E-state index contributed by atoms with van der Waals surface area (Å²) in [5, 5.41) is 1.06. The quantitative estimate of drug-likeness (QED) is 0.717. The first-order valence-corrected chi connectivity index (χ1v) is 10.1. The van der Waals surface area contributed by atoms with Gasteiger partial charge in [0, 0.05) is 19.0 Å². The Morgan fingerprint density at radius 1 is 1.26 bits per heavy atom. The number of carbonyl (C=O) groups is 2. The van der Waals surface area contributed by atoms with Gasteiger partial charge >= 0.3 is 12.1 Å². The Morgan fingerprint density at radius 3 is 2.59 bits per heavy atom. The van der Waals surface area contributed by atoms with E-state index in [1.807, 2.05) is 32.9 Å². The zero-order valence-corrected chi connectivity index (χ0v) is 17.1. The zero-order chi connectivity index (χ0) is 19.6. The smallest absolute Gasteiger partial charge is 0.410 e. The molecule has 1 aromatic heterocycles. The molecule has 0 unspecified atom stereocenters. The van der Waals surface area contributed by atoms with Gasteiger partial charge in [-0.25, -0.2) is 14.6 Å². The van der Waals surface area contributed by atoms with Crippen molar-refractivity contribution >= 4 is 33.6 Å². The van der Waals surface area contributed by atoms with Crippen molar-refractivity contribution in [2.24, 2.45) is 0 Å². The van der Waals surface area contributed by atoms with Crippen molar-refractivity contribution < 1.29 is 19.1 Å². The summed E-state index contributed by atoms with van der Waals surface area (Å²) >= 11 is 1.62. The third-order valence-electron chi connectivity index (χ3n) is 4.41. The molecule has 6 nitrogen and oxygen atoms in total. The number of aromatic nitrogens is 1. The lowest BCUT2D eigenvalue weighted by Crippen LogP contribution is -2.41. The van der Waals surface area contributed by atoms with Crippen molar-refractivity contribution in [3.8, 4) is 0 Å². The predicted molar refractivity (Wildman–Crippen MR) is 105 cm³/mol. The van der Waals surface area contributed by atoms with Crippen LogP contribution >= 0.6 is 11.3 Å². The molecule has 0 bridgehead atoms. The number of carbonyl (C=O) groups excluding carboxylic acids is 2. The molecule has 2 aromatic rings. The van der Waals surface area contributed by atoms with E-state index in [2.05, 4.69) is 0 Å². The molecule has 3 rings (SSSR count). The van der Waals surface area contributed by atoms with Crippen molar-refractivity contribution in [3.05, 3.63) is 28.8 Å². The van der Waals surface area contributed by atoms with Gasteiger partial charge in [0.15, 0.2) is 0 Å². The molecule has 0 saturated carbocycles. The fraction of sp³-hybridized carbons (Fsp3) is 0.550. The van der Waals surface area contributed by atoms with Gasteiger partial charge in [-0.2, -0.15) is 0 Å². The van der Waals surface area contributed by atoms with Crippen LogP contribution in [0, 0.1) is 0 Å². The molecule has 146 valence electrons. The first-order chi connectivity index (χ1) is 12.8. The number of rotatable bonds is 3. The van der Waals surface area contributed by atoms with Crippen molar-refractivity contribution in [1.82, 2.24) is 9.88 Å². The number of amides is 1. The monoisotopic (exact) mass is 390 g/mol. The second-order valence-corrected chi connectivity index (χ2v) is 8.76. The summed E-state index contributed by atoms with van der Waals surface area (Å²) in [7, 11) is 0. The molecule has 1 fully saturated rings. The SMILES string of the molecule is CCOC(=O)c1ccc2nc(C3CCN(C(=O)OC(C)(C)C)CC3)sc2c1. The van der Waals surface area contributed by atoms with E-state index in [4.69, 9.17) is 14.5 Å². The number of hydrogen-bond donors (Lipinski definition) is 0. The third kappa shape index (κ3) is 4.77. The predicted octanol–water partition coefficient (Wildman–Crippen LogP) is 4.59. The topological polar surface area (TPSA) is 68.7 Å². The first kappa shape index (κ1) is 19.6. The summed E-state index contributed by atoms with van der Waals surface area (Å²) < 4.78 is 11.5. The van der Waals surface area contributed by atoms with Gasteiger partial charge < -0.3 is 14.4 Å². The molecule has 0 radical (unpaired) electrons. The number of fused-ring (bicyclic) bond motifs is 1. The molecule has 0 atom stereocenters. The fourth-order valence-corrected chi connectivity index (χ4v) is 4.27. The van der Waals surface area contributed by atoms with Gasteiger partial charge in [-0.15, -0.1) is 11.3 Å². The maximum absolute atomic E-state index is 12.2. The molecule has 1 saturated heterocycles. The summed E-state index contributed by atoms with van der Waals surface area (Å²) in [6.45, 7) is 9.13. The highest BCUT2D eigenvalue weighted by molar-refractivity contribution is 7.18. The van der Waals surface area contributed by atoms with Crippen LogP contribution in [0.25, 0.3) is 10.2 Å². The zero-order valence-electron chi connectivity index (χ0n) is 16.3. The Hall–Kier alpha value is -2.15. The molecule has 0 N–H and O–H groups in total. The third-order valence-corrected chi connectivity index (χ3v) is 5.59. The lowest BCUT2D eigenvalue weighted by Gasteiger charge is -2.32. The van der Waals surface area contributed by atoms with Crippen molar-refractivity contribution in [2.75, 3.05) is 19.7 Å². The number of benzene rings is 1. The summed E-state index contributed by atoms with van der Waals surface area (Å²) in [6, 6.07) is 5.48. The fourth-order valence-electron chi connectivity index (χ4n) is 3.09. The van der Waals surface area contributed by atoms with Crippen molar-refractivity contribution in [1.29, 1.82) is 0 Å². The van der Waals surface area contributed by atoms with E-state index in [1.165, 1.54) is 0 Å². The Balaban J connectivity index is 1.67. The van der Waals surface area contributed by atoms with Gasteiger partial charge in [-0.3, -0.25) is 0 Å². The highest BCUT2D eigenvalue weighted by atomic mass is 32.1. The molecule has 1 amide bonds. The van der Waals surface area contributed by atoms with E-state index in [1.54, 1.807) is 29.2 Å². The van der Waals surface area contributed by atoms with Gasteiger partial charge in [-0.05, 0) is 58.7 Å². The van der Waals surface area contributed by atoms with Crippen LogP contribution < -0.4 is 0 Å². The minimum atomic E-state index is -0.475. The van der Waals surface area contributed by atoms with E-state index < -0.39 is 5.60 Å². The second-order valence-electron chi connectivity index (χ2n) is 7.70. The van der Waals surface area contributed by atoms with Crippen LogP contribution in [0.4, 0.5) is 4.79 Å². The molecule has 0 aliphatic carbocycles. The van der Waals surface area contributed by atoms with Crippen molar-refractivity contribution in [3.63, 3.8) is 0 Å². The number of nitrogens with zero attached hydrogens (tertiary/aromatic N) is 2. The normalized spacial score (nSPS) is 15.8. The summed E-state index contributed by atoms with van der Waals surface area (Å²) in [5.41, 5.74) is 0.981. The Kier molecular flexibility index (Phi) is 5.69. The van der Waals surface area contributed by atoms with Crippen molar-refractivity contribution in [2.45, 2.75) is 52.1 Å². The Morgan fingerprint density at radius 2 is 1.96 bits per heavy atom. The second kappa shape index (κ2) is 7.84. The standard InChI is InChI=1S/C20H26N2O4S/c1-5-25-18(23)14-6-7-15-16(12-14)27-17(21-15)13-8-10-22(11-9-13)19(24)26-20(2,3)4/h6-7,12-13H,5,8-11H2,1-4H3. The van der Waals surface area contributed by atoms with E-state index >= 15 is 0 Å². The van der Waals surface area contributed by atoms with E-state index in [-0.39, 0.29) is 12.1 Å². The van der Waals surface area contributed by atoms with Crippen LogP contribution in [0.2, 0.25) is 0 Å². The van der Waals surface area contributed by atoms with Crippen LogP contribution in [0.3, 0.4) is 0 Å².